The van der Waals surface area contributed by atoms with Crippen molar-refractivity contribution in [2.24, 2.45) is 5.92 Å². The summed E-state index contributed by atoms with van der Waals surface area (Å²) in [5, 5.41) is 2.07. The number of rotatable bonds is 3. The van der Waals surface area contributed by atoms with Crippen molar-refractivity contribution in [3.63, 3.8) is 0 Å². The number of hydrogen-bond donors (Lipinski definition) is 1. The molecule has 2 fully saturated rings. The number of carbonyl (C=O) groups excluding carboxylic acids is 2. The fraction of sp³-hybridized carbons (Fsp3) is 0.345. The maximum atomic E-state index is 13.4. The molecule has 0 bridgehead atoms. The fourth-order valence-corrected chi connectivity index (χ4v) is 5.74. The summed E-state index contributed by atoms with van der Waals surface area (Å²) >= 11 is 0. The summed E-state index contributed by atoms with van der Waals surface area (Å²) in [4.78, 5) is 38.9. The first-order valence-corrected chi connectivity index (χ1v) is 12.7. The Balaban J connectivity index is 1.10. The van der Waals surface area contributed by atoms with E-state index in [4.69, 9.17) is 4.98 Å². The van der Waals surface area contributed by atoms with Gasteiger partial charge >= 0.3 is 0 Å². The molecule has 2 aliphatic heterocycles. The summed E-state index contributed by atoms with van der Waals surface area (Å²) < 4.78 is 0. The highest BCUT2D eigenvalue weighted by atomic mass is 16.2. The van der Waals surface area contributed by atoms with Crippen LogP contribution in [0.15, 0.2) is 66.7 Å². The van der Waals surface area contributed by atoms with E-state index in [0.717, 1.165) is 65.4 Å². The Bertz CT molecular complexity index is 1350. The summed E-state index contributed by atoms with van der Waals surface area (Å²) in [6.45, 7) is 2.77. The number of likely N-dealkylation sites (tertiary alicyclic amines) is 2. The standard InChI is InChI=1S/C29H30N4O2/c34-28(33-16-6-9-22(19-33)27-30-25-12-3-4-13-26(25)31-27)21-14-17-32(18-15-21)29(35)24-11-5-8-20-7-1-2-10-23(20)24/h1-5,7-8,10-13,21-22H,6,9,14-19H2,(H,30,31). The average Bonchev–Trinajstić information content (AvgIpc) is 3.37. The molecule has 178 valence electrons. The number of benzene rings is 3. The Morgan fingerprint density at radius 3 is 2.46 bits per heavy atom. The third-order valence-corrected chi connectivity index (χ3v) is 7.68. The quantitative estimate of drug-likeness (QED) is 0.463. The van der Waals surface area contributed by atoms with E-state index in [1.165, 1.54) is 0 Å². The van der Waals surface area contributed by atoms with Crippen molar-refractivity contribution in [1.29, 1.82) is 0 Å². The smallest absolute Gasteiger partial charge is 0.254 e. The van der Waals surface area contributed by atoms with Crippen LogP contribution in [0, 0.1) is 5.92 Å². The van der Waals surface area contributed by atoms with Crippen molar-refractivity contribution in [3.8, 4) is 0 Å². The van der Waals surface area contributed by atoms with Gasteiger partial charge in [0.25, 0.3) is 5.91 Å². The minimum atomic E-state index is -0.0130. The topological polar surface area (TPSA) is 69.3 Å². The number of para-hydroxylation sites is 2. The molecule has 0 spiro atoms. The number of hydrogen-bond acceptors (Lipinski definition) is 3. The summed E-state index contributed by atoms with van der Waals surface area (Å²) in [6.07, 6.45) is 3.48. The Labute approximate surface area is 204 Å². The highest BCUT2D eigenvalue weighted by molar-refractivity contribution is 6.07. The molecule has 6 rings (SSSR count). The Kier molecular flexibility index (Phi) is 5.72. The molecule has 1 aromatic heterocycles. The van der Waals surface area contributed by atoms with E-state index < -0.39 is 0 Å². The van der Waals surface area contributed by atoms with Gasteiger partial charge in [-0.15, -0.1) is 0 Å². The number of H-pyrrole nitrogens is 1. The first-order chi connectivity index (χ1) is 17.2. The SMILES string of the molecule is O=C(c1cccc2ccccc12)N1CCC(C(=O)N2CCCC(c3nc4ccccc4[nH]3)C2)CC1. The van der Waals surface area contributed by atoms with Gasteiger partial charge in [0.2, 0.25) is 5.91 Å². The largest absolute Gasteiger partial charge is 0.342 e. The van der Waals surface area contributed by atoms with Crippen LogP contribution in [0.2, 0.25) is 0 Å². The lowest BCUT2D eigenvalue weighted by molar-refractivity contribution is -0.138. The molecule has 2 amide bonds. The van der Waals surface area contributed by atoms with Crippen molar-refractivity contribution in [2.75, 3.05) is 26.2 Å². The van der Waals surface area contributed by atoms with E-state index in [0.29, 0.717) is 19.6 Å². The number of fused-ring (bicyclic) bond motifs is 2. The van der Waals surface area contributed by atoms with Crippen LogP contribution in [0.25, 0.3) is 21.8 Å². The molecule has 0 aliphatic carbocycles. The molecule has 0 saturated carbocycles. The molecule has 35 heavy (non-hydrogen) atoms. The third kappa shape index (κ3) is 4.18. The molecule has 1 unspecified atom stereocenters. The number of carbonyl (C=O) groups is 2. The monoisotopic (exact) mass is 466 g/mol. The maximum absolute atomic E-state index is 13.4. The number of amides is 2. The summed E-state index contributed by atoms with van der Waals surface area (Å²) in [7, 11) is 0. The van der Waals surface area contributed by atoms with Gasteiger partial charge in [0.1, 0.15) is 5.82 Å². The molecule has 1 atom stereocenters. The maximum Gasteiger partial charge on any atom is 0.254 e. The van der Waals surface area contributed by atoms with Crippen LogP contribution in [-0.4, -0.2) is 57.8 Å². The van der Waals surface area contributed by atoms with Gasteiger partial charge in [-0.05, 0) is 54.7 Å². The lowest BCUT2D eigenvalue weighted by Crippen LogP contribution is -2.47. The second-order valence-electron chi connectivity index (χ2n) is 9.86. The normalized spacial score (nSPS) is 19.4. The Hall–Kier alpha value is -3.67. The van der Waals surface area contributed by atoms with Crippen LogP contribution in [0.3, 0.4) is 0 Å². The number of imidazole rings is 1. The number of nitrogens with zero attached hydrogens (tertiary/aromatic N) is 3. The van der Waals surface area contributed by atoms with Crippen molar-refractivity contribution < 1.29 is 9.59 Å². The lowest BCUT2D eigenvalue weighted by atomic mass is 9.91. The predicted molar refractivity (Wildman–Crippen MR) is 137 cm³/mol. The van der Waals surface area contributed by atoms with E-state index in [9.17, 15) is 9.59 Å². The Morgan fingerprint density at radius 1 is 0.829 bits per heavy atom. The third-order valence-electron chi connectivity index (χ3n) is 7.68. The van der Waals surface area contributed by atoms with Gasteiger partial charge in [0.15, 0.2) is 0 Å². The van der Waals surface area contributed by atoms with Gasteiger partial charge in [-0.3, -0.25) is 9.59 Å². The zero-order valence-corrected chi connectivity index (χ0v) is 19.8. The van der Waals surface area contributed by atoms with E-state index >= 15 is 0 Å². The lowest BCUT2D eigenvalue weighted by Gasteiger charge is -2.37. The molecular weight excluding hydrogens is 436 g/mol. The molecule has 6 heteroatoms. The molecule has 3 heterocycles. The summed E-state index contributed by atoms with van der Waals surface area (Å²) in [5.74, 6) is 1.52. The zero-order chi connectivity index (χ0) is 23.8. The van der Waals surface area contributed by atoms with Crippen molar-refractivity contribution in [2.45, 2.75) is 31.6 Å². The molecule has 1 N–H and O–H groups in total. The first kappa shape index (κ1) is 21.8. The molecule has 2 saturated heterocycles. The second kappa shape index (κ2) is 9.17. The highest BCUT2D eigenvalue weighted by Gasteiger charge is 2.34. The molecule has 3 aromatic carbocycles. The number of aromatic amines is 1. The number of aromatic nitrogens is 2. The van der Waals surface area contributed by atoms with Gasteiger partial charge in [-0.2, -0.15) is 0 Å². The fourth-order valence-electron chi connectivity index (χ4n) is 5.74. The van der Waals surface area contributed by atoms with Crippen molar-refractivity contribution >= 4 is 33.6 Å². The highest BCUT2D eigenvalue weighted by Crippen LogP contribution is 2.30. The number of nitrogens with one attached hydrogen (secondary N) is 1. The summed E-state index contributed by atoms with van der Waals surface area (Å²) in [5.41, 5.74) is 2.78. The van der Waals surface area contributed by atoms with Gasteiger partial charge in [0.05, 0.1) is 11.0 Å². The van der Waals surface area contributed by atoms with E-state index in [1.807, 2.05) is 76.5 Å². The van der Waals surface area contributed by atoms with Crippen LogP contribution >= 0.6 is 0 Å². The van der Waals surface area contributed by atoms with Gasteiger partial charge in [0, 0.05) is 43.6 Å². The Morgan fingerprint density at radius 2 is 1.60 bits per heavy atom. The van der Waals surface area contributed by atoms with E-state index in [2.05, 4.69) is 4.98 Å². The minimum Gasteiger partial charge on any atom is -0.342 e. The minimum absolute atomic E-state index is 0.0130. The van der Waals surface area contributed by atoms with Crippen LogP contribution in [0.4, 0.5) is 0 Å². The van der Waals surface area contributed by atoms with Crippen LogP contribution in [0.5, 0.6) is 0 Å². The van der Waals surface area contributed by atoms with Crippen molar-refractivity contribution in [1.82, 2.24) is 19.8 Å². The molecular formula is C29H30N4O2. The van der Waals surface area contributed by atoms with Crippen molar-refractivity contribution in [3.05, 3.63) is 78.1 Å². The van der Waals surface area contributed by atoms with Crippen LogP contribution < -0.4 is 0 Å². The second-order valence-corrected chi connectivity index (χ2v) is 9.86. The average molecular weight is 467 g/mol. The predicted octanol–water partition coefficient (Wildman–Crippen LogP) is 4.97. The van der Waals surface area contributed by atoms with Gasteiger partial charge < -0.3 is 14.8 Å². The molecule has 0 radical (unpaired) electrons. The van der Waals surface area contributed by atoms with Gasteiger partial charge in [-0.25, -0.2) is 4.98 Å². The van der Waals surface area contributed by atoms with Crippen LogP contribution in [0.1, 0.15) is 47.8 Å². The van der Waals surface area contributed by atoms with Gasteiger partial charge in [-0.1, -0.05) is 48.5 Å². The molecule has 4 aromatic rings. The summed E-state index contributed by atoms with van der Waals surface area (Å²) in [6, 6.07) is 22.0. The first-order valence-electron chi connectivity index (χ1n) is 12.7. The molecule has 2 aliphatic rings. The van der Waals surface area contributed by atoms with E-state index in [-0.39, 0.29) is 23.7 Å². The van der Waals surface area contributed by atoms with E-state index in [1.54, 1.807) is 0 Å². The molecule has 6 nitrogen and oxygen atoms in total. The van der Waals surface area contributed by atoms with Crippen LogP contribution in [-0.2, 0) is 4.79 Å². The zero-order valence-electron chi connectivity index (χ0n) is 19.8. The number of piperidine rings is 2.